The van der Waals surface area contributed by atoms with Crippen molar-refractivity contribution in [3.05, 3.63) is 53.1 Å². The zero-order valence-electron chi connectivity index (χ0n) is 11.7. The Hall–Kier alpha value is -1.81. The van der Waals surface area contributed by atoms with E-state index in [1.165, 1.54) is 11.1 Å². The number of aromatic nitrogens is 3. The van der Waals surface area contributed by atoms with E-state index >= 15 is 0 Å². The van der Waals surface area contributed by atoms with E-state index in [0.29, 0.717) is 0 Å². The largest absolute Gasteiger partial charge is 0.310 e. The summed E-state index contributed by atoms with van der Waals surface area (Å²) < 4.78 is 0. The molecule has 0 bridgehead atoms. The van der Waals surface area contributed by atoms with Crippen LogP contribution in [-0.4, -0.2) is 21.7 Å². The van der Waals surface area contributed by atoms with Crippen LogP contribution < -0.4 is 5.32 Å². The van der Waals surface area contributed by atoms with Gasteiger partial charge in [0.25, 0.3) is 0 Å². The average Bonchev–Trinajstić information content (AvgIpc) is 2.42. The molecule has 4 nitrogen and oxygen atoms in total. The number of hydrogen-bond donors (Lipinski definition) is 1. The highest BCUT2D eigenvalue weighted by Crippen LogP contribution is 2.20. The molecule has 2 aromatic heterocycles. The van der Waals surface area contributed by atoms with Gasteiger partial charge in [0.2, 0.25) is 0 Å². The van der Waals surface area contributed by atoms with Gasteiger partial charge in [-0.2, -0.15) is 10.2 Å². The van der Waals surface area contributed by atoms with Gasteiger partial charge in [-0.05, 0) is 56.1 Å². The number of hydrogen-bond acceptors (Lipinski definition) is 4. The molecule has 2 aromatic rings. The molecule has 0 aliphatic rings. The molecule has 2 heterocycles. The number of rotatable bonds is 5. The number of aryl methyl sites for hydroxylation is 2. The monoisotopic (exact) mass is 256 g/mol. The Bertz CT molecular complexity index is 525. The van der Waals surface area contributed by atoms with Gasteiger partial charge in [-0.25, -0.2) is 0 Å². The topological polar surface area (TPSA) is 50.7 Å². The van der Waals surface area contributed by atoms with Crippen LogP contribution in [0.25, 0.3) is 0 Å². The lowest BCUT2D eigenvalue weighted by molar-refractivity contribution is 0.542. The maximum Gasteiger partial charge on any atom is 0.0648 e. The van der Waals surface area contributed by atoms with Crippen LogP contribution >= 0.6 is 0 Å². The summed E-state index contributed by atoms with van der Waals surface area (Å²) in [7, 11) is 0. The molecule has 0 saturated heterocycles. The second-order valence-electron chi connectivity index (χ2n) is 4.70. The lowest BCUT2D eigenvalue weighted by atomic mass is 9.98. The Morgan fingerprint density at radius 3 is 2.58 bits per heavy atom. The molecule has 1 atom stereocenters. The van der Waals surface area contributed by atoms with Crippen LogP contribution in [0, 0.1) is 13.8 Å². The normalized spacial score (nSPS) is 12.4. The summed E-state index contributed by atoms with van der Waals surface area (Å²) in [5, 5.41) is 11.8. The van der Waals surface area contributed by atoms with Crippen molar-refractivity contribution in [3.8, 4) is 0 Å². The van der Waals surface area contributed by atoms with Crippen LogP contribution in [0.5, 0.6) is 0 Å². The van der Waals surface area contributed by atoms with Crippen LogP contribution in [0.2, 0.25) is 0 Å². The molecular weight excluding hydrogens is 236 g/mol. The molecule has 0 fully saturated rings. The first-order chi connectivity index (χ1) is 9.20. The van der Waals surface area contributed by atoms with Gasteiger partial charge < -0.3 is 5.32 Å². The van der Waals surface area contributed by atoms with E-state index < -0.39 is 0 Å². The van der Waals surface area contributed by atoms with Crippen molar-refractivity contribution in [1.82, 2.24) is 20.5 Å². The third kappa shape index (κ3) is 3.58. The van der Waals surface area contributed by atoms with Crippen molar-refractivity contribution in [2.24, 2.45) is 0 Å². The Morgan fingerprint density at radius 1 is 1.16 bits per heavy atom. The minimum absolute atomic E-state index is 0.265. The summed E-state index contributed by atoms with van der Waals surface area (Å²) in [4.78, 5) is 4.06. The number of nitrogens with zero attached hydrogens (tertiary/aromatic N) is 3. The molecule has 0 radical (unpaired) electrons. The van der Waals surface area contributed by atoms with E-state index in [4.69, 9.17) is 0 Å². The zero-order valence-corrected chi connectivity index (χ0v) is 11.7. The molecule has 0 saturated carbocycles. The fourth-order valence-corrected chi connectivity index (χ4v) is 2.22. The van der Waals surface area contributed by atoms with Gasteiger partial charge in [0.15, 0.2) is 0 Å². The molecule has 2 rings (SSSR count). The molecule has 19 heavy (non-hydrogen) atoms. The minimum atomic E-state index is 0.265. The van der Waals surface area contributed by atoms with Crippen molar-refractivity contribution < 1.29 is 0 Å². The van der Waals surface area contributed by atoms with Crippen molar-refractivity contribution in [2.45, 2.75) is 33.2 Å². The molecule has 100 valence electrons. The van der Waals surface area contributed by atoms with Gasteiger partial charge in [-0.1, -0.05) is 6.92 Å². The predicted octanol–water partition coefficient (Wildman–Crippen LogP) is 2.38. The third-order valence-corrected chi connectivity index (χ3v) is 3.16. The van der Waals surface area contributed by atoms with Crippen LogP contribution in [0.4, 0.5) is 0 Å². The van der Waals surface area contributed by atoms with E-state index in [1.807, 2.05) is 26.2 Å². The van der Waals surface area contributed by atoms with Gasteiger partial charge in [-0.15, -0.1) is 0 Å². The summed E-state index contributed by atoms with van der Waals surface area (Å²) >= 11 is 0. The molecule has 0 aromatic carbocycles. The summed E-state index contributed by atoms with van der Waals surface area (Å²) in [6.45, 7) is 7.04. The van der Waals surface area contributed by atoms with E-state index in [1.54, 1.807) is 0 Å². The lowest BCUT2D eigenvalue weighted by Crippen LogP contribution is -2.24. The van der Waals surface area contributed by atoms with E-state index in [0.717, 1.165) is 24.4 Å². The summed E-state index contributed by atoms with van der Waals surface area (Å²) in [6, 6.07) is 6.50. The van der Waals surface area contributed by atoms with E-state index in [9.17, 15) is 0 Å². The smallest absolute Gasteiger partial charge is 0.0648 e. The molecule has 0 amide bonds. The van der Waals surface area contributed by atoms with Crippen LogP contribution in [0.3, 0.4) is 0 Å². The first-order valence-corrected chi connectivity index (χ1v) is 6.63. The van der Waals surface area contributed by atoms with Crippen LogP contribution in [-0.2, 0) is 6.42 Å². The highest BCUT2D eigenvalue weighted by molar-refractivity contribution is 5.26. The van der Waals surface area contributed by atoms with Gasteiger partial charge in [0.1, 0.15) is 0 Å². The standard InChI is InChI=1S/C15H20N4/c1-4-17-15(10-13-5-7-16-8-6-13)14-9-11(2)18-19-12(14)3/h5-9,15,17H,4,10H2,1-3H3. The summed E-state index contributed by atoms with van der Waals surface area (Å²) in [5.74, 6) is 0. The molecule has 0 spiro atoms. The van der Waals surface area contributed by atoms with Crippen molar-refractivity contribution in [1.29, 1.82) is 0 Å². The quantitative estimate of drug-likeness (QED) is 0.892. The van der Waals surface area contributed by atoms with Crippen molar-refractivity contribution in [2.75, 3.05) is 6.54 Å². The Balaban J connectivity index is 2.27. The molecule has 1 N–H and O–H groups in total. The highest BCUT2D eigenvalue weighted by atomic mass is 15.1. The summed E-state index contributed by atoms with van der Waals surface area (Å²) in [6.07, 6.45) is 4.60. The first-order valence-electron chi connectivity index (χ1n) is 6.63. The average molecular weight is 256 g/mol. The van der Waals surface area contributed by atoms with Crippen LogP contribution in [0.1, 0.15) is 35.5 Å². The third-order valence-electron chi connectivity index (χ3n) is 3.16. The number of pyridine rings is 1. The second-order valence-corrected chi connectivity index (χ2v) is 4.70. The number of nitrogens with one attached hydrogen (secondary N) is 1. The minimum Gasteiger partial charge on any atom is -0.310 e. The van der Waals surface area contributed by atoms with Gasteiger partial charge in [0.05, 0.1) is 11.4 Å². The van der Waals surface area contributed by atoms with Crippen molar-refractivity contribution >= 4 is 0 Å². The first kappa shape index (κ1) is 13.6. The molecular formula is C15H20N4. The summed E-state index contributed by atoms with van der Waals surface area (Å²) in [5.41, 5.74) is 4.45. The SMILES string of the molecule is CCNC(Cc1ccncc1)c1cc(C)nnc1C. The van der Waals surface area contributed by atoms with Crippen LogP contribution in [0.15, 0.2) is 30.6 Å². The Kier molecular flexibility index (Phi) is 4.58. The second kappa shape index (κ2) is 6.38. The van der Waals surface area contributed by atoms with Gasteiger partial charge in [0, 0.05) is 18.4 Å². The molecule has 0 aliphatic heterocycles. The fourth-order valence-electron chi connectivity index (χ4n) is 2.22. The van der Waals surface area contributed by atoms with E-state index in [-0.39, 0.29) is 6.04 Å². The van der Waals surface area contributed by atoms with E-state index in [2.05, 4.69) is 45.6 Å². The lowest BCUT2D eigenvalue weighted by Gasteiger charge is -2.20. The predicted molar refractivity (Wildman–Crippen MR) is 75.9 cm³/mol. The molecule has 0 aliphatic carbocycles. The maximum atomic E-state index is 4.22. The maximum absolute atomic E-state index is 4.22. The Morgan fingerprint density at radius 2 is 1.89 bits per heavy atom. The highest BCUT2D eigenvalue weighted by Gasteiger charge is 2.15. The fraction of sp³-hybridized carbons (Fsp3) is 0.400. The van der Waals surface area contributed by atoms with Gasteiger partial charge in [-0.3, -0.25) is 4.98 Å². The molecule has 4 heteroatoms. The Labute approximate surface area is 114 Å². The molecule has 1 unspecified atom stereocenters. The van der Waals surface area contributed by atoms with Gasteiger partial charge >= 0.3 is 0 Å². The number of likely N-dealkylation sites (N-methyl/N-ethyl adjacent to an activating group) is 1. The van der Waals surface area contributed by atoms with Crippen molar-refractivity contribution in [3.63, 3.8) is 0 Å². The zero-order chi connectivity index (χ0) is 13.7.